The van der Waals surface area contributed by atoms with E-state index in [-0.39, 0.29) is 5.56 Å². The normalized spacial score (nSPS) is 11.8. The number of H-pyrrole nitrogens is 1. The average molecular weight is 238 g/mol. The third kappa shape index (κ3) is 3.75. The van der Waals surface area contributed by atoms with Crippen LogP contribution in [0.3, 0.4) is 0 Å². The zero-order valence-corrected chi connectivity index (χ0v) is 9.40. The largest absolute Gasteiger partial charge is 0.480 e. The first kappa shape index (κ1) is 13.0. The minimum absolute atomic E-state index is 0.149. The summed E-state index contributed by atoms with van der Waals surface area (Å²) in [6.07, 6.45) is 2.34. The molecule has 1 unspecified atom stereocenters. The van der Waals surface area contributed by atoms with Gasteiger partial charge in [-0.15, -0.1) is 0 Å². The van der Waals surface area contributed by atoms with E-state index >= 15 is 0 Å². The maximum Gasteiger partial charge on any atom is 0.326 e. The summed E-state index contributed by atoms with van der Waals surface area (Å²) in [6.45, 7) is 1.83. The fourth-order valence-electron chi connectivity index (χ4n) is 1.37. The molecule has 3 N–H and O–H groups in total. The molecule has 0 spiro atoms. The highest BCUT2D eigenvalue weighted by Crippen LogP contribution is 2.00. The summed E-state index contributed by atoms with van der Waals surface area (Å²) < 4.78 is 0. The van der Waals surface area contributed by atoms with Crippen LogP contribution in [0.25, 0.3) is 0 Å². The maximum atomic E-state index is 11.7. The molecular formula is C11H14N2O4. The second-order valence-corrected chi connectivity index (χ2v) is 3.59. The molecular weight excluding hydrogens is 224 g/mol. The van der Waals surface area contributed by atoms with Crippen LogP contribution in [0, 0.1) is 0 Å². The van der Waals surface area contributed by atoms with Crippen molar-refractivity contribution in [2.24, 2.45) is 0 Å². The first-order valence-electron chi connectivity index (χ1n) is 5.27. The molecule has 0 aliphatic carbocycles. The van der Waals surface area contributed by atoms with Gasteiger partial charge in [0.2, 0.25) is 5.56 Å². The summed E-state index contributed by atoms with van der Waals surface area (Å²) in [6, 6.07) is 1.62. The van der Waals surface area contributed by atoms with Gasteiger partial charge in [-0.2, -0.15) is 0 Å². The van der Waals surface area contributed by atoms with E-state index in [4.69, 9.17) is 5.11 Å². The zero-order valence-electron chi connectivity index (χ0n) is 9.40. The predicted molar refractivity (Wildman–Crippen MR) is 60.9 cm³/mol. The Balaban J connectivity index is 2.77. The summed E-state index contributed by atoms with van der Waals surface area (Å²) in [5.41, 5.74) is -0.254. The quantitative estimate of drug-likeness (QED) is 0.689. The molecule has 6 heteroatoms. The van der Waals surface area contributed by atoms with E-state index in [0.29, 0.717) is 12.8 Å². The van der Waals surface area contributed by atoms with E-state index in [1.807, 2.05) is 6.92 Å². The van der Waals surface area contributed by atoms with E-state index in [0.717, 1.165) is 6.07 Å². The van der Waals surface area contributed by atoms with Gasteiger partial charge in [0.15, 0.2) is 0 Å². The number of carboxylic acid groups (broad SMARTS) is 1. The minimum atomic E-state index is -1.08. The van der Waals surface area contributed by atoms with Crippen LogP contribution in [0.15, 0.2) is 23.1 Å². The number of hydrogen-bond donors (Lipinski definition) is 3. The molecule has 0 bridgehead atoms. The van der Waals surface area contributed by atoms with Crippen LogP contribution in [-0.4, -0.2) is 28.0 Å². The first-order valence-corrected chi connectivity index (χ1v) is 5.27. The molecule has 0 fully saturated rings. The number of carbonyl (C=O) groups excluding carboxylic acids is 1. The van der Waals surface area contributed by atoms with Crippen LogP contribution >= 0.6 is 0 Å². The molecule has 1 aromatic rings. The summed E-state index contributed by atoms with van der Waals surface area (Å²) in [7, 11) is 0. The van der Waals surface area contributed by atoms with Crippen molar-refractivity contribution in [3.8, 4) is 0 Å². The highest BCUT2D eigenvalue weighted by Gasteiger charge is 2.19. The number of hydrogen-bond acceptors (Lipinski definition) is 3. The number of aromatic amines is 1. The smallest absolute Gasteiger partial charge is 0.326 e. The zero-order chi connectivity index (χ0) is 12.8. The third-order valence-electron chi connectivity index (χ3n) is 2.22. The second-order valence-electron chi connectivity index (χ2n) is 3.59. The second kappa shape index (κ2) is 5.83. The maximum absolute atomic E-state index is 11.7. The van der Waals surface area contributed by atoms with Crippen LogP contribution in [0.4, 0.5) is 0 Å². The van der Waals surface area contributed by atoms with Gasteiger partial charge in [0.05, 0.1) is 0 Å². The summed E-state index contributed by atoms with van der Waals surface area (Å²) in [4.78, 5) is 35.9. The number of aromatic nitrogens is 1. The monoisotopic (exact) mass is 238 g/mol. The van der Waals surface area contributed by atoms with E-state index < -0.39 is 23.5 Å². The molecule has 0 saturated carbocycles. The Morgan fingerprint density at radius 2 is 2.24 bits per heavy atom. The lowest BCUT2D eigenvalue weighted by molar-refractivity contribution is -0.139. The van der Waals surface area contributed by atoms with Crippen molar-refractivity contribution < 1.29 is 14.7 Å². The molecule has 1 atom stereocenters. The van der Waals surface area contributed by atoms with E-state index in [9.17, 15) is 14.4 Å². The van der Waals surface area contributed by atoms with E-state index in [1.165, 1.54) is 12.3 Å². The Morgan fingerprint density at radius 3 is 2.76 bits per heavy atom. The average Bonchev–Trinajstić information content (AvgIpc) is 2.28. The van der Waals surface area contributed by atoms with Crippen molar-refractivity contribution in [2.75, 3.05) is 0 Å². The van der Waals surface area contributed by atoms with Gasteiger partial charge >= 0.3 is 5.97 Å². The molecule has 1 heterocycles. The van der Waals surface area contributed by atoms with Gasteiger partial charge in [0, 0.05) is 17.8 Å². The van der Waals surface area contributed by atoms with E-state index in [2.05, 4.69) is 10.3 Å². The van der Waals surface area contributed by atoms with Crippen molar-refractivity contribution in [1.29, 1.82) is 0 Å². The topological polar surface area (TPSA) is 99.3 Å². The lowest BCUT2D eigenvalue weighted by Gasteiger charge is -2.13. The number of carboxylic acids is 1. The van der Waals surface area contributed by atoms with Gasteiger partial charge in [-0.3, -0.25) is 9.59 Å². The van der Waals surface area contributed by atoms with Gasteiger partial charge < -0.3 is 15.4 Å². The van der Waals surface area contributed by atoms with E-state index in [1.54, 1.807) is 0 Å². The Kier molecular flexibility index (Phi) is 4.45. The first-order chi connectivity index (χ1) is 8.04. The SMILES string of the molecule is CCCC(NC(=O)c1cc[nH]c(=O)c1)C(=O)O. The molecule has 17 heavy (non-hydrogen) atoms. The molecule has 1 rings (SSSR count). The molecule has 0 aliphatic heterocycles. The van der Waals surface area contributed by atoms with Crippen molar-refractivity contribution in [3.63, 3.8) is 0 Å². The van der Waals surface area contributed by atoms with Crippen LogP contribution < -0.4 is 10.9 Å². The number of aliphatic carboxylic acids is 1. The van der Waals surface area contributed by atoms with Crippen LogP contribution in [0.1, 0.15) is 30.1 Å². The Bertz CT molecular complexity index is 467. The Labute approximate surface area is 97.7 Å². The molecule has 0 saturated heterocycles. The van der Waals surface area contributed by atoms with Crippen molar-refractivity contribution in [1.82, 2.24) is 10.3 Å². The Morgan fingerprint density at radius 1 is 1.53 bits per heavy atom. The van der Waals surface area contributed by atoms with Gasteiger partial charge in [-0.05, 0) is 12.5 Å². The predicted octanol–water partition coefficient (Wildman–Crippen LogP) is 0.358. The third-order valence-corrected chi connectivity index (χ3v) is 2.22. The van der Waals surface area contributed by atoms with Gasteiger partial charge in [0.25, 0.3) is 5.91 Å². The van der Waals surface area contributed by atoms with Crippen molar-refractivity contribution in [3.05, 3.63) is 34.2 Å². The lowest BCUT2D eigenvalue weighted by atomic mass is 10.1. The van der Waals surface area contributed by atoms with Gasteiger partial charge in [0.1, 0.15) is 6.04 Å². The number of carbonyl (C=O) groups is 2. The fraction of sp³-hybridized carbons (Fsp3) is 0.364. The van der Waals surface area contributed by atoms with Gasteiger partial charge in [-0.25, -0.2) is 4.79 Å². The van der Waals surface area contributed by atoms with Crippen molar-refractivity contribution >= 4 is 11.9 Å². The van der Waals surface area contributed by atoms with Gasteiger partial charge in [-0.1, -0.05) is 13.3 Å². The summed E-state index contributed by atoms with van der Waals surface area (Å²) in [5.74, 6) is -1.64. The molecule has 0 aromatic carbocycles. The molecule has 92 valence electrons. The minimum Gasteiger partial charge on any atom is -0.480 e. The lowest BCUT2D eigenvalue weighted by Crippen LogP contribution is -2.40. The number of pyridine rings is 1. The molecule has 6 nitrogen and oxygen atoms in total. The number of rotatable bonds is 5. The van der Waals surface area contributed by atoms with Crippen LogP contribution in [0.2, 0.25) is 0 Å². The highest BCUT2D eigenvalue weighted by atomic mass is 16.4. The molecule has 0 radical (unpaired) electrons. The number of amides is 1. The highest BCUT2D eigenvalue weighted by molar-refractivity contribution is 5.96. The van der Waals surface area contributed by atoms with Crippen LogP contribution in [-0.2, 0) is 4.79 Å². The fourth-order valence-corrected chi connectivity index (χ4v) is 1.37. The Hall–Kier alpha value is -2.11. The number of nitrogens with one attached hydrogen (secondary N) is 2. The standard InChI is InChI=1S/C11H14N2O4/c1-2-3-8(11(16)17)13-10(15)7-4-5-12-9(14)6-7/h4-6,8H,2-3H2,1H3,(H,12,14)(H,13,15)(H,16,17). The molecule has 1 amide bonds. The molecule has 1 aromatic heterocycles. The molecule has 0 aliphatic rings. The summed E-state index contributed by atoms with van der Waals surface area (Å²) in [5, 5.41) is 11.2. The summed E-state index contributed by atoms with van der Waals surface area (Å²) >= 11 is 0. The van der Waals surface area contributed by atoms with Crippen molar-refractivity contribution in [2.45, 2.75) is 25.8 Å². The van der Waals surface area contributed by atoms with Crippen LogP contribution in [0.5, 0.6) is 0 Å².